The molecule has 3 atom stereocenters. The van der Waals surface area contributed by atoms with Crippen LogP contribution < -0.4 is 16.4 Å². The molecule has 1 saturated carbocycles. The smallest absolute Gasteiger partial charge is 0.239 e. The molecule has 0 bridgehead atoms. The fourth-order valence-electron chi connectivity index (χ4n) is 2.32. The van der Waals surface area contributed by atoms with E-state index in [0.29, 0.717) is 6.54 Å². The van der Waals surface area contributed by atoms with Gasteiger partial charge in [0.2, 0.25) is 11.8 Å². The van der Waals surface area contributed by atoms with Crippen molar-refractivity contribution in [1.29, 1.82) is 0 Å². The molecular formula is C14H27N3O3. The van der Waals surface area contributed by atoms with Crippen molar-refractivity contribution < 1.29 is 14.7 Å². The molecule has 116 valence electrons. The number of nitrogens with one attached hydrogen (secondary N) is 2. The number of aliphatic hydroxyl groups is 1. The third-order valence-corrected chi connectivity index (χ3v) is 3.87. The molecule has 0 aromatic rings. The second-order valence-electron chi connectivity index (χ2n) is 5.90. The SMILES string of the molecule is CC(C)[C@H](N)C(=O)NCC(=O)NCC1CCCCC1O. The van der Waals surface area contributed by atoms with E-state index in [1.807, 2.05) is 13.8 Å². The van der Waals surface area contributed by atoms with Gasteiger partial charge in [0.05, 0.1) is 18.7 Å². The number of aliphatic hydroxyl groups excluding tert-OH is 1. The van der Waals surface area contributed by atoms with Gasteiger partial charge in [-0.2, -0.15) is 0 Å². The summed E-state index contributed by atoms with van der Waals surface area (Å²) in [6.45, 7) is 4.11. The molecule has 0 heterocycles. The highest BCUT2D eigenvalue weighted by molar-refractivity contribution is 5.87. The van der Waals surface area contributed by atoms with Crippen LogP contribution in [0.25, 0.3) is 0 Å². The maximum absolute atomic E-state index is 11.6. The zero-order valence-electron chi connectivity index (χ0n) is 12.4. The number of hydrogen-bond acceptors (Lipinski definition) is 4. The van der Waals surface area contributed by atoms with Crippen molar-refractivity contribution in [2.75, 3.05) is 13.1 Å². The van der Waals surface area contributed by atoms with Crippen LogP contribution in [-0.2, 0) is 9.59 Å². The summed E-state index contributed by atoms with van der Waals surface area (Å²) in [5, 5.41) is 15.1. The molecule has 6 nitrogen and oxygen atoms in total. The van der Waals surface area contributed by atoms with Crippen LogP contribution in [-0.4, -0.2) is 42.2 Å². The number of nitrogens with two attached hydrogens (primary N) is 1. The maximum atomic E-state index is 11.6. The highest BCUT2D eigenvalue weighted by Crippen LogP contribution is 2.23. The third kappa shape index (κ3) is 5.46. The lowest BCUT2D eigenvalue weighted by atomic mass is 9.86. The number of carbonyl (C=O) groups is 2. The molecule has 0 aliphatic heterocycles. The molecule has 1 aliphatic carbocycles. The fraction of sp³-hybridized carbons (Fsp3) is 0.857. The lowest BCUT2D eigenvalue weighted by molar-refractivity contribution is -0.127. The first-order valence-corrected chi connectivity index (χ1v) is 7.40. The second kappa shape index (κ2) is 8.21. The zero-order valence-corrected chi connectivity index (χ0v) is 12.4. The molecule has 0 aromatic heterocycles. The summed E-state index contributed by atoms with van der Waals surface area (Å²) in [6, 6.07) is -0.594. The first-order valence-electron chi connectivity index (χ1n) is 7.40. The predicted octanol–water partition coefficient (Wildman–Crippen LogP) is -0.247. The van der Waals surface area contributed by atoms with Gasteiger partial charge in [-0.25, -0.2) is 0 Å². The minimum absolute atomic E-state index is 0.0375. The van der Waals surface area contributed by atoms with Gasteiger partial charge in [0.25, 0.3) is 0 Å². The van der Waals surface area contributed by atoms with E-state index in [4.69, 9.17) is 5.73 Å². The standard InChI is InChI=1S/C14H27N3O3/c1-9(2)13(15)14(20)17-8-12(19)16-7-10-5-3-4-6-11(10)18/h9-11,13,18H,3-8,15H2,1-2H3,(H,16,19)(H,17,20)/t10?,11?,13-/m0/s1. The highest BCUT2D eigenvalue weighted by Gasteiger charge is 2.23. The van der Waals surface area contributed by atoms with E-state index in [9.17, 15) is 14.7 Å². The van der Waals surface area contributed by atoms with Crippen LogP contribution in [0, 0.1) is 11.8 Å². The Hall–Kier alpha value is -1.14. The Labute approximate surface area is 120 Å². The summed E-state index contributed by atoms with van der Waals surface area (Å²) in [5.74, 6) is -0.392. The number of carbonyl (C=O) groups excluding carboxylic acids is 2. The summed E-state index contributed by atoms with van der Waals surface area (Å²) >= 11 is 0. The molecule has 0 saturated heterocycles. The largest absolute Gasteiger partial charge is 0.393 e. The summed E-state index contributed by atoms with van der Waals surface area (Å²) < 4.78 is 0. The maximum Gasteiger partial charge on any atom is 0.239 e. The molecular weight excluding hydrogens is 258 g/mol. The van der Waals surface area contributed by atoms with E-state index in [1.54, 1.807) is 0 Å². The quantitative estimate of drug-likeness (QED) is 0.540. The molecule has 2 unspecified atom stereocenters. The summed E-state index contributed by atoms with van der Waals surface area (Å²) in [4.78, 5) is 23.2. The van der Waals surface area contributed by atoms with Crippen LogP contribution in [0.3, 0.4) is 0 Å². The summed E-state index contributed by atoms with van der Waals surface area (Å²) in [6.07, 6.45) is 3.56. The fourth-order valence-corrected chi connectivity index (χ4v) is 2.32. The first-order chi connectivity index (χ1) is 9.41. The Morgan fingerprint density at radius 2 is 1.90 bits per heavy atom. The van der Waals surface area contributed by atoms with Crippen molar-refractivity contribution in [3.05, 3.63) is 0 Å². The minimum atomic E-state index is -0.594. The Kier molecular flexibility index (Phi) is 6.95. The van der Waals surface area contributed by atoms with Gasteiger partial charge in [0, 0.05) is 12.5 Å². The van der Waals surface area contributed by atoms with E-state index >= 15 is 0 Å². The number of rotatable bonds is 6. The van der Waals surface area contributed by atoms with Crippen LogP contribution in [0.15, 0.2) is 0 Å². The second-order valence-corrected chi connectivity index (χ2v) is 5.90. The van der Waals surface area contributed by atoms with Crippen molar-refractivity contribution in [3.63, 3.8) is 0 Å². The number of hydrogen-bond donors (Lipinski definition) is 4. The topological polar surface area (TPSA) is 104 Å². The lowest BCUT2D eigenvalue weighted by Gasteiger charge is -2.27. The summed E-state index contributed by atoms with van der Waals surface area (Å²) in [5.41, 5.74) is 5.68. The van der Waals surface area contributed by atoms with E-state index in [2.05, 4.69) is 10.6 Å². The lowest BCUT2D eigenvalue weighted by Crippen LogP contribution is -2.48. The first kappa shape index (κ1) is 16.9. The van der Waals surface area contributed by atoms with Crippen LogP contribution >= 0.6 is 0 Å². The predicted molar refractivity (Wildman–Crippen MR) is 76.8 cm³/mol. The van der Waals surface area contributed by atoms with Crippen molar-refractivity contribution in [3.8, 4) is 0 Å². The van der Waals surface area contributed by atoms with E-state index in [1.165, 1.54) is 0 Å². The third-order valence-electron chi connectivity index (χ3n) is 3.87. The average Bonchev–Trinajstić information content (AvgIpc) is 2.42. The van der Waals surface area contributed by atoms with Gasteiger partial charge in [-0.1, -0.05) is 26.7 Å². The average molecular weight is 285 g/mol. The van der Waals surface area contributed by atoms with E-state index < -0.39 is 6.04 Å². The Morgan fingerprint density at radius 3 is 2.50 bits per heavy atom. The highest BCUT2D eigenvalue weighted by atomic mass is 16.3. The van der Waals surface area contributed by atoms with Crippen LogP contribution in [0.4, 0.5) is 0 Å². The molecule has 0 radical (unpaired) electrons. The van der Waals surface area contributed by atoms with Gasteiger partial charge in [0.1, 0.15) is 0 Å². The normalized spacial score (nSPS) is 24.2. The van der Waals surface area contributed by atoms with Gasteiger partial charge < -0.3 is 21.5 Å². The molecule has 0 spiro atoms. The molecule has 20 heavy (non-hydrogen) atoms. The van der Waals surface area contributed by atoms with Crippen molar-refractivity contribution in [1.82, 2.24) is 10.6 Å². The van der Waals surface area contributed by atoms with Crippen LogP contribution in [0.5, 0.6) is 0 Å². The molecule has 5 N–H and O–H groups in total. The van der Waals surface area contributed by atoms with Gasteiger partial charge in [-0.05, 0) is 18.8 Å². The molecule has 0 aromatic carbocycles. The monoisotopic (exact) mass is 285 g/mol. The zero-order chi connectivity index (χ0) is 15.1. The van der Waals surface area contributed by atoms with Gasteiger partial charge in [-0.3, -0.25) is 9.59 Å². The molecule has 1 aliphatic rings. The van der Waals surface area contributed by atoms with Gasteiger partial charge >= 0.3 is 0 Å². The number of amides is 2. The Bertz CT molecular complexity index is 334. The Morgan fingerprint density at radius 1 is 1.25 bits per heavy atom. The molecule has 2 amide bonds. The van der Waals surface area contributed by atoms with E-state index in [-0.39, 0.29) is 36.3 Å². The van der Waals surface area contributed by atoms with Gasteiger partial charge in [0.15, 0.2) is 0 Å². The van der Waals surface area contributed by atoms with Crippen LogP contribution in [0.2, 0.25) is 0 Å². The minimum Gasteiger partial charge on any atom is -0.393 e. The molecule has 6 heteroatoms. The Balaban J connectivity index is 2.21. The molecule has 1 fully saturated rings. The van der Waals surface area contributed by atoms with Crippen molar-refractivity contribution in [2.24, 2.45) is 17.6 Å². The molecule has 1 rings (SSSR count). The van der Waals surface area contributed by atoms with Gasteiger partial charge in [-0.15, -0.1) is 0 Å². The van der Waals surface area contributed by atoms with Crippen molar-refractivity contribution in [2.45, 2.75) is 51.7 Å². The van der Waals surface area contributed by atoms with E-state index in [0.717, 1.165) is 25.7 Å². The van der Waals surface area contributed by atoms with Crippen LogP contribution in [0.1, 0.15) is 39.5 Å². The van der Waals surface area contributed by atoms with Crippen molar-refractivity contribution >= 4 is 11.8 Å². The summed E-state index contributed by atoms with van der Waals surface area (Å²) in [7, 11) is 0.